The largest absolute Gasteiger partial charge is 1.00 e. The van der Waals surface area contributed by atoms with Crippen LogP contribution in [0.4, 0.5) is 0 Å². The Morgan fingerprint density at radius 1 is 1.28 bits per heavy atom. The summed E-state index contributed by atoms with van der Waals surface area (Å²) in [5.74, 6) is 0.252. The van der Waals surface area contributed by atoms with Gasteiger partial charge in [-0.25, -0.2) is 0 Å². The first-order chi connectivity index (χ1) is 8.16. The molecule has 1 aromatic heterocycles. The highest BCUT2D eigenvalue weighted by Gasteiger charge is 2.20. The average Bonchev–Trinajstić information content (AvgIpc) is 2.34. The monoisotopic (exact) mass is 312 g/mol. The van der Waals surface area contributed by atoms with E-state index in [0.717, 1.165) is 31.6 Å². The van der Waals surface area contributed by atoms with Crippen LogP contribution in [-0.2, 0) is 11.3 Å². The fourth-order valence-electron chi connectivity index (χ4n) is 2.35. The van der Waals surface area contributed by atoms with Crippen LogP contribution in [-0.4, -0.2) is 23.9 Å². The Morgan fingerprint density at radius 3 is 2.56 bits per heavy atom. The van der Waals surface area contributed by atoms with Crippen LogP contribution >= 0.6 is 0 Å². The van der Waals surface area contributed by atoms with Gasteiger partial charge in [-0.2, -0.15) is 4.57 Å². The molecule has 100 valence electrons. The number of aryl methyl sites for hydroxylation is 2. The van der Waals surface area contributed by atoms with E-state index in [0.29, 0.717) is 6.54 Å². The third-order valence-electron chi connectivity index (χ3n) is 3.42. The topological polar surface area (TPSA) is 24.2 Å². The van der Waals surface area contributed by atoms with Gasteiger partial charge >= 0.3 is 0 Å². The van der Waals surface area contributed by atoms with Crippen LogP contribution in [0.3, 0.4) is 0 Å². The number of likely N-dealkylation sites (tertiary alicyclic amines) is 1. The molecular formula is C14H21BrN2O. The van der Waals surface area contributed by atoms with Crippen molar-refractivity contribution in [1.29, 1.82) is 0 Å². The summed E-state index contributed by atoms with van der Waals surface area (Å²) in [5, 5.41) is 0. The summed E-state index contributed by atoms with van der Waals surface area (Å²) in [6, 6.07) is 4.17. The van der Waals surface area contributed by atoms with Crippen molar-refractivity contribution in [3.05, 3.63) is 29.6 Å². The quantitative estimate of drug-likeness (QED) is 0.617. The first kappa shape index (κ1) is 15.2. The molecule has 1 aliphatic rings. The van der Waals surface area contributed by atoms with Crippen LogP contribution < -0.4 is 21.5 Å². The Balaban J connectivity index is 0.00000162. The van der Waals surface area contributed by atoms with E-state index in [9.17, 15) is 4.79 Å². The lowest BCUT2D eigenvalue weighted by atomic mass is 10.1. The molecule has 1 aromatic rings. The molecule has 0 N–H and O–H groups in total. The normalized spacial score (nSPS) is 15.1. The van der Waals surface area contributed by atoms with Crippen molar-refractivity contribution in [2.45, 2.75) is 39.7 Å². The highest BCUT2D eigenvalue weighted by molar-refractivity contribution is 5.74. The number of rotatable bonds is 2. The Hall–Kier alpha value is -0.900. The molecule has 0 radical (unpaired) electrons. The molecule has 4 heteroatoms. The van der Waals surface area contributed by atoms with Crippen molar-refractivity contribution in [1.82, 2.24) is 4.90 Å². The molecule has 0 unspecified atom stereocenters. The third-order valence-corrected chi connectivity index (χ3v) is 3.42. The standard InChI is InChI=1S/C14H21N2O.BrH/c1-12-6-9-16(13(2)10-12)11-14(17)15-7-4-3-5-8-15;/h6,9-10H,3-5,7-8,11H2,1-2H3;1H/q+1;/p-1. The molecule has 0 atom stereocenters. The van der Waals surface area contributed by atoms with E-state index >= 15 is 0 Å². The number of hydrogen-bond donors (Lipinski definition) is 0. The van der Waals surface area contributed by atoms with Gasteiger partial charge in [-0.15, -0.1) is 0 Å². The number of nitrogens with zero attached hydrogens (tertiary/aromatic N) is 2. The number of aromatic nitrogens is 1. The summed E-state index contributed by atoms with van der Waals surface area (Å²) in [5.41, 5.74) is 2.39. The molecule has 1 fully saturated rings. The summed E-state index contributed by atoms with van der Waals surface area (Å²) in [6.07, 6.45) is 5.58. The third kappa shape index (κ3) is 3.80. The smallest absolute Gasteiger partial charge is 0.288 e. The lowest BCUT2D eigenvalue weighted by Crippen LogP contribution is -3.00. The Bertz CT molecular complexity index is 414. The van der Waals surface area contributed by atoms with Crippen LogP contribution in [0.5, 0.6) is 0 Å². The summed E-state index contributed by atoms with van der Waals surface area (Å²) in [7, 11) is 0. The molecule has 2 rings (SSSR count). The van der Waals surface area contributed by atoms with E-state index in [-0.39, 0.29) is 22.9 Å². The fraction of sp³-hybridized carbons (Fsp3) is 0.571. The van der Waals surface area contributed by atoms with Gasteiger partial charge < -0.3 is 21.9 Å². The molecule has 18 heavy (non-hydrogen) atoms. The summed E-state index contributed by atoms with van der Waals surface area (Å²) >= 11 is 0. The van der Waals surface area contributed by atoms with Gasteiger partial charge in [0.15, 0.2) is 11.9 Å². The van der Waals surface area contributed by atoms with Crippen LogP contribution in [0.2, 0.25) is 0 Å². The molecule has 0 aromatic carbocycles. The highest BCUT2D eigenvalue weighted by atomic mass is 79.9. The predicted molar refractivity (Wildman–Crippen MR) is 66.5 cm³/mol. The number of carbonyl (C=O) groups is 1. The fourth-order valence-corrected chi connectivity index (χ4v) is 2.35. The highest BCUT2D eigenvalue weighted by Crippen LogP contribution is 2.08. The lowest BCUT2D eigenvalue weighted by molar-refractivity contribution is -0.691. The average molecular weight is 313 g/mol. The molecule has 0 spiro atoms. The van der Waals surface area contributed by atoms with Crippen molar-refractivity contribution in [3.63, 3.8) is 0 Å². The van der Waals surface area contributed by atoms with Gasteiger partial charge in [-0.1, -0.05) is 0 Å². The lowest BCUT2D eigenvalue weighted by Gasteiger charge is -2.25. The SMILES string of the molecule is Cc1cc[n+](CC(=O)N2CCCCC2)c(C)c1.[Br-]. The predicted octanol–water partition coefficient (Wildman–Crippen LogP) is -1.39. The number of amides is 1. The van der Waals surface area contributed by atoms with Gasteiger partial charge in [0.2, 0.25) is 6.54 Å². The zero-order chi connectivity index (χ0) is 12.3. The maximum atomic E-state index is 12.1. The maximum Gasteiger partial charge on any atom is 0.288 e. The van der Waals surface area contributed by atoms with Crippen molar-refractivity contribution in [2.75, 3.05) is 13.1 Å². The zero-order valence-corrected chi connectivity index (χ0v) is 12.7. The molecule has 1 aliphatic heterocycles. The van der Waals surface area contributed by atoms with Crippen molar-refractivity contribution in [2.24, 2.45) is 0 Å². The summed E-state index contributed by atoms with van der Waals surface area (Å²) < 4.78 is 2.03. The molecular weight excluding hydrogens is 292 g/mol. The molecule has 0 saturated carbocycles. The first-order valence-corrected chi connectivity index (χ1v) is 6.41. The Labute approximate surface area is 120 Å². The molecule has 1 amide bonds. The van der Waals surface area contributed by atoms with E-state index in [1.54, 1.807) is 0 Å². The summed E-state index contributed by atoms with van der Waals surface area (Å²) in [6.45, 7) is 6.47. The minimum atomic E-state index is 0. The number of carbonyl (C=O) groups excluding carboxylic acids is 1. The number of pyridine rings is 1. The number of halogens is 1. The van der Waals surface area contributed by atoms with Gasteiger partial charge in [0, 0.05) is 32.1 Å². The maximum absolute atomic E-state index is 12.1. The minimum absolute atomic E-state index is 0. The molecule has 0 bridgehead atoms. The Kier molecular flexibility index (Phi) is 5.79. The van der Waals surface area contributed by atoms with Crippen LogP contribution in [0.1, 0.15) is 30.5 Å². The van der Waals surface area contributed by atoms with Gasteiger partial charge in [0.05, 0.1) is 0 Å². The van der Waals surface area contributed by atoms with Crippen LogP contribution in [0.15, 0.2) is 18.3 Å². The van der Waals surface area contributed by atoms with E-state index < -0.39 is 0 Å². The van der Waals surface area contributed by atoms with E-state index in [2.05, 4.69) is 26.0 Å². The Morgan fingerprint density at radius 2 is 1.94 bits per heavy atom. The second-order valence-electron chi connectivity index (χ2n) is 4.91. The summed E-state index contributed by atoms with van der Waals surface area (Å²) in [4.78, 5) is 14.1. The van der Waals surface area contributed by atoms with Crippen LogP contribution in [0.25, 0.3) is 0 Å². The molecule has 3 nitrogen and oxygen atoms in total. The van der Waals surface area contributed by atoms with E-state index in [1.807, 2.05) is 15.7 Å². The number of hydrogen-bond acceptors (Lipinski definition) is 1. The molecule has 0 aliphatic carbocycles. The van der Waals surface area contributed by atoms with Crippen LogP contribution in [0, 0.1) is 13.8 Å². The first-order valence-electron chi connectivity index (χ1n) is 6.41. The van der Waals surface area contributed by atoms with Gasteiger partial charge in [-0.05, 0) is 31.7 Å². The second kappa shape index (κ2) is 6.88. The van der Waals surface area contributed by atoms with E-state index in [1.165, 1.54) is 12.0 Å². The number of piperidine rings is 1. The van der Waals surface area contributed by atoms with Gasteiger partial charge in [-0.3, -0.25) is 4.79 Å². The van der Waals surface area contributed by atoms with E-state index in [4.69, 9.17) is 0 Å². The van der Waals surface area contributed by atoms with Crippen molar-refractivity contribution >= 4 is 5.91 Å². The van der Waals surface area contributed by atoms with Gasteiger partial charge in [0.1, 0.15) is 0 Å². The minimum Gasteiger partial charge on any atom is -1.00 e. The van der Waals surface area contributed by atoms with Crippen molar-refractivity contribution < 1.29 is 26.3 Å². The second-order valence-corrected chi connectivity index (χ2v) is 4.91. The van der Waals surface area contributed by atoms with Crippen molar-refractivity contribution in [3.8, 4) is 0 Å². The molecule has 1 saturated heterocycles. The zero-order valence-electron chi connectivity index (χ0n) is 11.2. The van der Waals surface area contributed by atoms with Gasteiger partial charge in [0.25, 0.3) is 5.91 Å². The molecule has 2 heterocycles.